The van der Waals surface area contributed by atoms with E-state index in [2.05, 4.69) is 16.1 Å². The van der Waals surface area contributed by atoms with Crippen molar-refractivity contribution < 1.29 is 24.5 Å². The fraction of sp³-hybridized carbons (Fsp3) is 0.652. The minimum atomic E-state index is -0.488. The summed E-state index contributed by atoms with van der Waals surface area (Å²) < 4.78 is 5.43. The molecule has 2 saturated heterocycles. The molecule has 2 amide bonds. The molecule has 2 aliphatic rings. The molecule has 8 nitrogen and oxygen atoms in total. The molecule has 0 saturated carbocycles. The van der Waals surface area contributed by atoms with E-state index in [4.69, 9.17) is 9.57 Å². The Morgan fingerprint density at radius 3 is 2.39 bits per heavy atom. The Morgan fingerprint density at radius 2 is 1.77 bits per heavy atom. The van der Waals surface area contributed by atoms with Crippen LogP contribution in [0.1, 0.15) is 52.0 Å². The summed E-state index contributed by atoms with van der Waals surface area (Å²) in [6.45, 7) is 8.17. The van der Waals surface area contributed by atoms with E-state index >= 15 is 0 Å². The van der Waals surface area contributed by atoms with Gasteiger partial charge in [0.05, 0.1) is 19.2 Å². The minimum Gasteiger partial charge on any atom is -0.444 e. The Labute approximate surface area is 185 Å². The van der Waals surface area contributed by atoms with Gasteiger partial charge in [0, 0.05) is 25.6 Å². The number of carbonyl (C=O) groups is 2. The first-order chi connectivity index (χ1) is 14.8. The Hall–Kier alpha value is -2.16. The van der Waals surface area contributed by atoms with Gasteiger partial charge in [-0.1, -0.05) is 30.3 Å². The highest BCUT2D eigenvalue weighted by Crippen LogP contribution is 2.16. The van der Waals surface area contributed by atoms with Crippen LogP contribution in [-0.2, 0) is 21.0 Å². The number of nitrogens with two attached hydrogens (primary N) is 1. The Kier molecular flexibility index (Phi) is 8.28. The molecule has 3 rings (SSSR count). The van der Waals surface area contributed by atoms with Crippen molar-refractivity contribution >= 4 is 12.0 Å². The summed E-state index contributed by atoms with van der Waals surface area (Å²) in [4.78, 5) is 32.2. The van der Waals surface area contributed by atoms with Gasteiger partial charge in [-0.05, 0) is 45.6 Å². The van der Waals surface area contributed by atoms with E-state index in [1.165, 1.54) is 0 Å². The number of likely N-dealkylation sites (tertiary alicyclic amines) is 1. The molecule has 2 aliphatic heterocycles. The molecular formula is C23H37N4O4+. The Morgan fingerprint density at radius 1 is 1.06 bits per heavy atom. The smallest absolute Gasteiger partial charge is 0.410 e. The quantitative estimate of drug-likeness (QED) is 0.588. The maximum Gasteiger partial charge on any atom is 0.410 e. The van der Waals surface area contributed by atoms with E-state index in [1.54, 1.807) is 4.90 Å². The number of piperidine rings is 2. The second kappa shape index (κ2) is 10.9. The Balaban J connectivity index is 1.31. The number of rotatable bonds is 6. The number of nitrogens with one attached hydrogen (secondary N) is 2. The number of ether oxygens (including phenoxy) is 1. The molecule has 2 fully saturated rings. The van der Waals surface area contributed by atoms with E-state index < -0.39 is 5.60 Å². The standard InChI is InChI=1S/C23H36N4O4/c1-23(2,3)31-22(29)27-13-11-18(12-14-27)25-21(28)20-10-9-19(15-24-20)26-30-16-17-7-5-4-6-8-17/h4-8,18-20,24,26H,9-16H2,1-3H3,(H,25,28)/p+1/t19-,20+/m1/s1. The number of hydroxylamine groups is 1. The predicted octanol–water partition coefficient (Wildman–Crippen LogP) is 1.32. The van der Waals surface area contributed by atoms with Gasteiger partial charge in [-0.2, -0.15) is 5.48 Å². The van der Waals surface area contributed by atoms with Gasteiger partial charge in [0.25, 0.3) is 5.91 Å². The zero-order chi connectivity index (χ0) is 22.3. The summed E-state index contributed by atoms with van der Waals surface area (Å²) >= 11 is 0. The number of amides is 2. The van der Waals surface area contributed by atoms with Crippen LogP contribution in [0.15, 0.2) is 30.3 Å². The average Bonchev–Trinajstić information content (AvgIpc) is 2.74. The molecule has 31 heavy (non-hydrogen) atoms. The third-order valence-electron chi connectivity index (χ3n) is 5.69. The predicted molar refractivity (Wildman–Crippen MR) is 117 cm³/mol. The first-order valence-corrected chi connectivity index (χ1v) is 11.3. The van der Waals surface area contributed by atoms with Crippen molar-refractivity contribution in [2.75, 3.05) is 19.6 Å². The molecule has 0 bridgehead atoms. The highest BCUT2D eigenvalue weighted by Gasteiger charge is 2.32. The van der Waals surface area contributed by atoms with E-state index in [-0.39, 0.29) is 30.1 Å². The summed E-state index contributed by atoms with van der Waals surface area (Å²) in [5.74, 6) is 0.0966. The molecule has 1 aromatic carbocycles. The van der Waals surface area contributed by atoms with Gasteiger partial charge in [-0.3, -0.25) is 9.63 Å². The molecule has 2 heterocycles. The third-order valence-corrected chi connectivity index (χ3v) is 5.69. The molecule has 0 spiro atoms. The second-order valence-corrected chi connectivity index (χ2v) is 9.49. The van der Waals surface area contributed by atoms with Crippen molar-refractivity contribution in [2.24, 2.45) is 0 Å². The van der Waals surface area contributed by atoms with Gasteiger partial charge >= 0.3 is 6.09 Å². The molecule has 0 aromatic heterocycles. The summed E-state index contributed by atoms with van der Waals surface area (Å²) in [5.41, 5.74) is 3.77. The molecule has 1 aromatic rings. The van der Waals surface area contributed by atoms with Gasteiger partial charge in [0.2, 0.25) is 0 Å². The fourth-order valence-corrected chi connectivity index (χ4v) is 3.95. The van der Waals surface area contributed by atoms with Crippen LogP contribution in [0.3, 0.4) is 0 Å². The summed E-state index contributed by atoms with van der Waals surface area (Å²) in [6.07, 6.45) is 2.96. The minimum absolute atomic E-state index is 0.0592. The summed E-state index contributed by atoms with van der Waals surface area (Å²) in [6, 6.07) is 10.4. The van der Waals surface area contributed by atoms with E-state index in [9.17, 15) is 9.59 Å². The van der Waals surface area contributed by atoms with Crippen LogP contribution < -0.4 is 16.1 Å². The van der Waals surface area contributed by atoms with Crippen LogP contribution >= 0.6 is 0 Å². The number of benzene rings is 1. The topological polar surface area (TPSA) is 96.5 Å². The molecule has 0 radical (unpaired) electrons. The largest absolute Gasteiger partial charge is 0.444 e. The fourth-order valence-electron chi connectivity index (χ4n) is 3.95. The van der Waals surface area contributed by atoms with Crippen LogP contribution in [0, 0.1) is 0 Å². The number of hydrogen-bond donors (Lipinski definition) is 3. The molecular weight excluding hydrogens is 396 g/mol. The summed E-state index contributed by atoms with van der Waals surface area (Å²) in [5, 5.41) is 5.27. The van der Waals surface area contributed by atoms with E-state index in [1.807, 2.05) is 51.1 Å². The van der Waals surface area contributed by atoms with Crippen LogP contribution in [0.2, 0.25) is 0 Å². The second-order valence-electron chi connectivity index (χ2n) is 9.49. The van der Waals surface area contributed by atoms with E-state index in [0.717, 1.165) is 37.8 Å². The molecule has 172 valence electrons. The first-order valence-electron chi connectivity index (χ1n) is 11.3. The van der Waals surface area contributed by atoms with Gasteiger partial charge in [-0.25, -0.2) is 4.79 Å². The molecule has 4 N–H and O–H groups in total. The number of carbonyl (C=O) groups excluding carboxylic acids is 2. The molecule has 0 aliphatic carbocycles. The SMILES string of the molecule is CC(C)(C)OC(=O)N1CCC(NC(=O)[C@@H]2CC[C@@H](NOCc3ccccc3)C[NH2+]2)CC1. The van der Waals surface area contributed by atoms with Crippen LogP contribution in [0.5, 0.6) is 0 Å². The molecule has 2 atom stereocenters. The maximum atomic E-state index is 12.7. The maximum absolute atomic E-state index is 12.7. The number of hydrogen-bond acceptors (Lipinski definition) is 5. The van der Waals surface area contributed by atoms with Gasteiger partial charge in [-0.15, -0.1) is 0 Å². The highest BCUT2D eigenvalue weighted by molar-refractivity contribution is 5.80. The monoisotopic (exact) mass is 433 g/mol. The van der Waals surface area contributed by atoms with Gasteiger partial charge < -0.3 is 20.3 Å². The van der Waals surface area contributed by atoms with Crippen molar-refractivity contribution in [2.45, 2.75) is 76.8 Å². The van der Waals surface area contributed by atoms with Crippen molar-refractivity contribution in [1.82, 2.24) is 15.7 Å². The lowest BCUT2D eigenvalue weighted by atomic mass is 9.99. The van der Waals surface area contributed by atoms with Crippen molar-refractivity contribution in [1.29, 1.82) is 0 Å². The van der Waals surface area contributed by atoms with Crippen LogP contribution in [-0.4, -0.2) is 60.3 Å². The third kappa shape index (κ3) is 7.79. The normalized spacial score (nSPS) is 22.7. The lowest BCUT2D eigenvalue weighted by Gasteiger charge is -2.34. The average molecular weight is 434 g/mol. The molecule has 0 unspecified atom stereocenters. The van der Waals surface area contributed by atoms with Crippen molar-refractivity contribution in [3.63, 3.8) is 0 Å². The lowest BCUT2D eigenvalue weighted by molar-refractivity contribution is -0.687. The van der Waals surface area contributed by atoms with E-state index in [0.29, 0.717) is 19.7 Å². The van der Waals surface area contributed by atoms with Gasteiger partial charge in [0.1, 0.15) is 5.60 Å². The first kappa shape index (κ1) is 23.5. The zero-order valence-electron chi connectivity index (χ0n) is 18.9. The zero-order valence-corrected chi connectivity index (χ0v) is 18.9. The summed E-state index contributed by atoms with van der Waals surface area (Å²) in [7, 11) is 0. The highest BCUT2D eigenvalue weighted by atomic mass is 16.6. The lowest BCUT2D eigenvalue weighted by Crippen LogP contribution is -2.96. The molecule has 8 heteroatoms. The number of nitrogens with zero attached hydrogens (tertiary/aromatic N) is 1. The van der Waals surface area contributed by atoms with Crippen molar-refractivity contribution in [3.05, 3.63) is 35.9 Å². The number of quaternary nitrogens is 1. The van der Waals surface area contributed by atoms with Gasteiger partial charge in [0.15, 0.2) is 6.04 Å². The van der Waals surface area contributed by atoms with Crippen molar-refractivity contribution in [3.8, 4) is 0 Å². The van der Waals surface area contributed by atoms with Crippen LogP contribution in [0.25, 0.3) is 0 Å². The Bertz CT molecular complexity index is 706. The van der Waals surface area contributed by atoms with Crippen LogP contribution in [0.4, 0.5) is 4.79 Å².